The number of hydrogen-bond acceptors (Lipinski definition) is 3. The van der Waals surface area contributed by atoms with Crippen LogP contribution in [0.3, 0.4) is 0 Å². The van der Waals surface area contributed by atoms with Crippen LogP contribution in [0.5, 0.6) is 0 Å². The second-order valence-corrected chi connectivity index (χ2v) is 4.80. The molecule has 0 saturated carbocycles. The largest absolute Gasteiger partial charge is 0.379 e. The molecule has 0 aromatic carbocycles. The SMILES string of the molecule is CCCC1NC(C)N(C2CCCOC2)C1=O. The summed E-state index contributed by atoms with van der Waals surface area (Å²) < 4.78 is 5.46. The van der Waals surface area contributed by atoms with Gasteiger partial charge in [0.05, 0.1) is 24.9 Å². The van der Waals surface area contributed by atoms with Gasteiger partial charge in [0.25, 0.3) is 0 Å². The van der Waals surface area contributed by atoms with Gasteiger partial charge >= 0.3 is 0 Å². The first-order chi connectivity index (χ1) is 7.74. The van der Waals surface area contributed by atoms with Crippen LogP contribution in [-0.4, -0.2) is 42.3 Å². The first kappa shape index (κ1) is 11.9. The van der Waals surface area contributed by atoms with E-state index in [0.29, 0.717) is 6.61 Å². The molecule has 2 aliphatic heterocycles. The highest BCUT2D eigenvalue weighted by molar-refractivity contribution is 5.84. The van der Waals surface area contributed by atoms with E-state index in [1.807, 2.05) is 4.90 Å². The molecule has 3 atom stereocenters. The van der Waals surface area contributed by atoms with Crippen molar-refractivity contribution < 1.29 is 9.53 Å². The van der Waals surface area contributed by atoms with Crippen LogP contribution in [0.15, 0.2) is 0 Å². The van der Waals surface area contributed by atoms with Crippen LogP contribution in [0, 0.1) is 0 Å². The van der Waals surface area contributed by atoms with Crippen molar-refractivity contribution in [1.82, 2.24) is 10.2 Å². The summed E-state index contributed by atoms with van der Waals surface area (Å²) in [7, 11) is 0. The van der Waals surface area contributed by atoms with Gasteiger partial charge in [0, 0.05) is 6.61 Å². The second kappa shape index (κ2) is 5.15. The monoisotopic (exact) mass is 226 g/mol. The van der Waals surface area contributed by atoms with E-state index in [1.165, 1.54) is 0 Å². The smallest absolute Gasteiger partial charge is 0.241 e. The zero-order chi connectivity index (χ0) is 11.5. The number of nitrogens with zero attached hydrogens (tertiary/aromatic N) is 1. The van der Waals surface area contributed by atoms with Crippen LogP contribution >= 0.6 is 0 Å². The Morgan fingerprint density at radius 2 is 2.38 bits per heavy atom. The fourth-order valence-corrected chi connectivity index (χ4v) is 2.75. The Labute approximate surface area is 97.3 Å². The van der Waals surface area contributed by atoms with Gasteiger partial charge in [-0.1, -0.05) is 13.3 Å². The minimum Gasteiger partial charge on any atom is -0.379 e. The Balaban J connectivity index is 2.00. The van der Waals surface area contributed by atoms with E-state index < -0.39 is 0 Å². The molecular weight excluding hydrogens is 204 g/mol. The van der Waals surface area contributed by atoms with Crippen LogP contribution in [0.1, 0.15) is 39.5 Å². The molecule has 2 aliphatic rings. The Morgan fingerprint density at radius 3 is 3.00 bits per heavy atom. The average Bonchev–Trinajstić information content (AvgIpc) is 2.56. The van der Waals surface area contributed by atoms with Crippen molar-refractivity contribution in [3.63, 3.8) is 0 Å². The van der Waals surface area contributed by atoms with Gasteiger partial charge in [0.1, 0.15) is 0 Å². The lowest BCUT2D eigenvalue weighted by atomic mass is 10.1. The molecular formula is C12H22N2O2. The molecule has 1 amide bonds. The normalized spacial score (nSPS) is 35.8. The van der Waals surface area contributed by atoms with Crippen molar-refractivity contribution >= 4 is 5.91 Å². The molecule has 0 aromatic rings. The van der Waals surface area contributed by atoms with Gasteiger partial charge in [0.15, 0.2) is 0 Å². The van der Waals surface area contributed by atoms with Crippen LogP contribution in [0.2, 0.25) is 0 Å². The van der Waals surface area contributed by atoms with Crippen molar-refractivity contribution in [2.24, 2.45) is 0 Å². The third-order valence-corrected chi connectivity index (χ3v) is 3.52. The third-order valence-electron chi connectivity index (χ3n) is 3.52. The second-order valence-electron chi connectivity index (χ2n) is 4.80. The van der Waals surface area contributed by atoms with Gasteiger partial charge in [-0.15, -0.1) is 0 Å². The minimum atomic E-state index is 0.0296. The maximum Gasteiger partial charge on any atom is 0.241 e. The molecule has 3 unspecified atom stereocenters. The number of nitrogens with one attached hydrogen (secondary N) is 1. The van der Waals surface area contributed by atoms with E-state index in [0.717, 1.165) is 32.3 Å². The fourth-order valence-electron chi connectivity index (χ4n) is 2.75. The van der Waals surface area contributed by atoms with E-state index in [2.05, 4.69) is 19.2 Å². The summed E-state index contributed by atoms with van der Waals surface area (Å²) >= 11 is 0. The van der Waals surface area contributed by atoms with Gasteiger partial charge in [-0.05, 0) is 26.2 Å². The van der Waals surface area contributed by atoms with Gasteiger partial charge in [0.2, 0.25) is 5.91 Å². The molecule has 2 saturated heterocycles. The van der Waals surface area contributed by atoms with Gasteiger partial charge in [-0.25, -0.2) is 0 Å². The van der Waals surface area contributed by atoms with E-state index in [1.54, 1.807) is 0 Å². The highest BCUT2D eigenvalue weighted by Gasteiger charge is 2.40. The van der Waals surface area contributed by atoms with E-state index in [-0.39, 0.29) is 24.2 Å². The maximum absolute atomic E-state index is 12.2. The van der Waals surface area contributed by atoms with Crippen LogP contribution in [0.25, 0.3) is 0 Å². The minimum absolute atomic E-state index is 0.0296. The van der Waals surface area contributed by atoms with Crippen LogP contribution in [0.4, 0.5) is 0 Å². The summed E-state index contributed by atoms with van der Waals surface area (Å²) in [5.74, 6) is 0.268. The average molecular weight is 226 g/mol. The van der Waals surface area contributed by atoms with Crippen molar-refractivity contribution in [2.45, 2.75) is 57.8 Å². The van der Waals surface area contributed by atoms with E-state index >= 15 is 0 Å². The third kappa shape index (κ3) is 2.23. The van der Waals surface area contributed by atoms with Gasteiger partial charge in [-0.2, -0.15) is 0 Å². The molecule has 2 rings (SSSR count). The first-order valence-corrected chi connectivity index (χ1v) is 6.40. The fraction of sp³-hybridized carbons (Fsp3) is 0.917. The molecule has 0 radical (unpaired) electrons. The standard InChI is InChI=1S/C12H22N2O2/c1-3-5-11-12(15)14(9(2)13-11)10-6-4-7-16-8-10/h9-11,13H,3-8H2,1-2H3. The summed E-state index contributed by atoms with van der Waals surface area (Å²) in [5.41, 5.74) is 0. The number of hydrogen-bond donors (Lipinski definition) is 1. The molecule has 0 bridgehead atoms. The van der Waals surface area contributed by atoms with Crippen molar-refractivity contribution in [3.05, 3.63) is 0 Å². The van der Waals surface area contributed by atoms with E-state index in [4.69, 9.17) is 4.74 Å². The van der Waals surface area contributed by atoms with Crippen molar-refractivity contribution in [2.75, 3.05) is 13.2 Å². The quantitative estimate of drug-likeness (QED) is 0.784. The highest BCUT2D eigenvalue weighted by Crippen LogP contribution is 2.22. The summed E-state index contributed by atoms with van der Waals surface area (Å²) in [6.45, 7) is 5.74. The predicted octanol–water partition coefficient (Wildman–Crippen LogP) is 1.11. The number of ether oxygens (including phenoxy) is 1. The van der Waals surface area contributed by atoms with Crippen LogP contribution in [-0.2, 0) is 9.53 Å². The maximum atomic E-state index is 12.2. The van der Waals surface area contributed by atoms with Crippen molar-refractivity contribution in [1.29, 1.82) is 0 Å². The molecule has 2 heterocycles. The summed E-state index contributed by atoms with van der Waals surface area (Å²) in [6, 6.07) is 0.313. The Bertz CT molecular complexity index is 251. The Morgan fingerprint density at radius 1 is 1.56 bits per heavy atom. The summed E-state index contributed by atoms with van der Waals surface area (Å²) in [6.07, 6.45) is 4.30. The molecule has 4 heteroatoms. The van der Waals surface area contributed by atoms with Crippen LogP contribution < -0.4 is 5.32 Å². The molecule has 4 nitrogen and oxygen atoms in total. The molecule has 0 aliphatic carbocycles. The summed E-state index contributed by atoms with van der Waals surface area (Å²) in [4.78, 5) is 14.2. The number of carbonyl (C=O) groups excluding carboxylic acids is 1. The first-order valence-electron chi connectivity index (χ1n) is 6.40. The Hall–Kier alpha value is -0.610. The number of rotatable bonds is 3. The number of carbonyl (C=O) groups is 1. The lowest BCUT2D eigenvalue weighted by Gasteiger charge is -2.33. The summed E-state index contributed by atoms with van der Waals surface area (Å²) in [5, 5.41) is 3.37. The molecule has 92 valence electrons. The van der Waals surface area contributed by atoms with Gasteiger partial charge < -0.3 is 9.64 Å². The molecule has 16 heavy (non-hydrogen) atoms. The molecule has 0 aromatic heterocycles. The predicted molar refractivity (Wildman–Crippen MR) is 62.0 cm³/mol. The number of amides is 1. The lowest BCUT2D eigenvalue weighted by Crippen LogP contribution is -2.47. The molecule has 1 N–H and O–H groups in total. The molecule has 0 spiro atoms. The molecule has 2 fully saturated rings. The topological polar surface area (TPSA) is 41.6 Å². The zero-order valence-electron chi connectivity index (χ0n) is 10.2. The zero-order valence-corrected chi connectivity index (χ0v) is 10.2. The lowest BCUT2D eigenvalue weighted by molar-refractivity contribution is -0.134. The Kier molecular flexibility index (Phi) is 3.82. The van der Waals surface area contributed by atoms with Crippen molar-refractivity contribution in [3.8, 4) is 0 Å². The highest BCUT2D eigenvalue weighted by atomic mass is 16.5. The van der Waals surface area contributed by atoms with Gasteiger partial charge in [-0.3, -0.25) is 10.1 Å². The van der Waals surface area contributed by atoms with E-state index in [9.17, 15) is 4.79 Å².